The van der Waals surface area contributed by atoms with Crippen molar-refractivity contribution in [1.29, 1.82) is 0 Å². The molecule has 0 saturated heterocycles. The number of hydrogen-bond donors (Lipinski definition) is 1. The first kappa shape index (κ1) is 17.3. The molecule has 140 valence electrons. The highest BCUT2D eigenvalue weighted by Gasteiger charge is 2.15. The Hall–Kier alpha value is -4.08. The van der Waals surface area contributed by atoms with Crippen LogP contribution in [0.1, 0.15) is 5.56 Å². The van der Waals surface area contributed by atoms with E-state index in [9.17, 15) is 10.1 Å². The lowest BCUT2D eigenvalue weighted by molar-refractivity contribution is -0.384. The summed E-state index contributed by atoms with van der Waals surface area (Å²) in [5.41, 5.74) is 4.70. The lowest BCUT2D eigenvalue weighted by Gasteiger charge is -2.12. The minimum atomic E-state index is -0.408. The van der Waals surface area contributed by atoms with E-state index in [1.165, 1.54) is 18.6 Å². The molecule has 0 unspecified atom stereocenters. The second-order valence-electron chi connectivity index (χ2n) is 6.26. The summed E-state index contributed by atoms with van der Waals surface area (Å²) in [5, 5.41) is 29.6. The van der Waals surface area contributed by atoms with E-state index in [2.05, 4.69) is 25.8 Å². The van der Waals surface area contributed by atoms with Gasteiger partial charge in [-0.05, 0) is 6.07 Å². The van der Waals surface area contributed by atoms with Crippen LogP contribution in [-0.4, -0.2) is 45.0 Å². The van der Waals surface area contributed by atoms with Crippen molar-refractivity contribution in [2.24, 2.45) is 5.10 Å². The lowest BCUT2D eigenvalue weighted by atomic mass is 10.2. The van der Waals surface area contributed by atoms with Crippen LogP contribution in [0.4, 0.5) is 17.2 Å². The molecule has 4 aromatic rings. The summed E-state index contributed by atoms with van der Waals surface area (Å²) in [6, 6.07) is 12.6. The Morgan fingerprint density at radius 1 is 1.21 bits per heavy atom. The SMILES string of the molecule is CN(C)c1ccc(C=NNc2nn3cnnc3c3ccccc23)cc1[N+](=O)[O-]. The third kappa shape index (κ3) is 3.07. The Morgan fingerprint density at radius 3 is 2.75 bits per heavy atom. The Morgan fingerprint density at radius 2 is 2.00 bits per heavy atom. The Balaban J connectivity index is 1.67. The van der Waals surface area contributed by atoms with Gasteiger partial charge < -0.3 is 4.90 Å². The van der Waals surface area contributed by atoms with Gasteiger partial charge in [0.15, 0.2) is 11.5 Å². The van der Waals surface area contributed by atoms with E-state index in [1.807, 2.05) is 24.3 Å². The first-order chi connectivity index (χ1) is 13.5. The number of aromatic nitrogens is 4. The number of anilines is 2. The molecule has 0 aliphatic carbocycles. The van der Waals surface area contributed by atoms with Gasteiger partial charge >= 0.3 is 0 Å². The summed E-state index contributed by atoms with van der Waals surface area (Å²) < 4.78 is 1.57. The summed E-state index contributed by atoms with van der Waals surface area (Å²) in [4.78, 5) is 12.6. The molecule has 2 heterocycles. The number of nitro groups is 1. The minimum absolute atomic E-state index is 0.0171. The number of rotatable bonds is 5. The summed E-state index contributed by atoms with van der Waals surface area (Å²) in [6.07, 6.45) is 3.03. The normalized spacial score (nSPS) is 11.4. The van der Waals surface area contributed by atoms with E-state index in [0.29, 0.717) is 22.7 Å². The maximum atomic E-state index is 11.3. The van der Waals surface area contributed by atoms with Crippen molar-refractivity contribution in [3.8, 4) is 0 Å². The molecule has 2 aromatic carbocycles. The lowest BCUT2D eigenvalue weighted by Crippen LogP contribution is -2.11. The largest absolute Gasteiger partial charge is 0.372 e. The maximum absolute atomic E-state index is 11.3. The van der Waals surface area contributed by atoms with E-state index >= 15 is 0 Å². The fraction of sp³-hybridized carbons (Fsp3) is 0.111. The van der Waals surface area contributed by atoms with Gasteiger partial charge in [-0.3, -0.25) is 15.5 Å². The molecule has 0 aliphatic heterocycles. The number of nitrogens with zero attached hydrogens (tertiary/aromatic N) is 7. The molecule has 28 heavy (non-hydrogen) atoms. The highest BCUT2D eigenvalue weighted by Crippen LogP contribution is 2.27. The van der Waals surface area contributed by atoms with Crippen molar-refractivity contribution < 1.29 is 4.92 Å². The summed E-state index contributed by atoms with van der Waals surface area (Å²) in [5.74, 6) is 0.526. The van der Waals surface area contributed by atoms with Gasteiger partial charge in [0.2, 0.25) is 0 Å². The Bertz CT molecular complexity index is 1210. The molecular weight excluding hydrogens is 360 g/mol. The van der Waals surface area contributed by atoms with Gasteiger partial charge in [0, 0.05) is 36.5 Å². The van der Waals surface area contributed by atoms with Crippen LogP contribution < -0.4 is 10.3 Å². The highest BCUT2D eigenvalue weighted by molar-refractivity contribution is 6.00. The standard InChI is InChI=1S/C18H16N8O2/c1-24(2)15-8-7-12(9-16(15)26(27)28)10-19-21-17-13-5-3-4-6-14(13)18-22-20-11-25(18)23-17/h3-11H,1-2H3,(H,21,23). The molecule has 0 spiro atoms. The zero-order valence-corrected chi connectivity index (χ0v) is 15.1. The van der Waals surface area contributed by atoms with Crippen molar-refractivity contribution in [2.45, 2.75) is 0 Å². The topological polar surface area (TPSA) is 114 Å². The van der Waals surface area contributed by atoms with Gasteiger partial charge in [0.25, 0.3) is 5.69 Å². The molecule has 10 nitrogen and oxygen atoms in total. The van der Waals surface area contributed by atoms with E-state index in [-0.39, 0.29) is 5.69 Å². The van der Waals surface area contributed by atoms with E-state index in [1.54, 1.807) is 35.6 Å². The first-order valence-corrected chi connectivity index (χ1v) is 8.38. The summed E-state index contributed by atoms with van der Waals surface area (Å²) in [7, 11) is 3.52. The third-order valence-electron chi connectivity index (χ3n) is 4.22. The van der Waals surface area contributed by atoms with Crippen molar-refractivity contribution in [3.63, 3.8) is 0 Å². The fourth-order valence-corrected chi connectivity index (χ4v) is 2.92. The molecule has 1 N–H and O–H groups in total. The molecular formula is C18H16N8O2. The molecule has 0 atom stereocenters. The van der Waals surface area contributed by atoms with Crippen LogP contribution in [0, 0.1) is 10.1 Å². The Kier molecular flexibility index (Phi) is 4.28. The van der Waals surface area contributed by atoms with Crippen molar-refractivity contribution in [3.05, 3.63) is 64.5 Å². The minimum Gasteiger partial charge on any atom is -0.372 e. The predicted molar refractivity (Wildman–Crippen MR) is 107 cm³/mol. The monoisotopic (exact) mass is 376 g/mol. The number of benzene rings is 2. The van der Waals surface area contributed by atoms with Crippen molar-refractivity contribution in [1.82, 2.24) is 19.8 Å². The van der Waals surface area contributed by atoms with Crippen LogP contribution in [0.25, 0.3) is 16.4 Å². The van der Waals surface area contributed by atoms with Gasteiger partial charge in [-0.25, -0.2) is 0 Å². The highest BCUT2D eigenvalue weighted by atomic mass is 16.6. The van der Waals surface area contributed by atoms with Crippen LogP contribution in [-0.2, 0) is 0 Å². The smallest absolute Gasteiger partial charge is 0.293 e. The Labute approximate surface area is 159 Å². The van der Waals surface area contributed by atoms with Crippen LogP contribution in [0.3, 0.4) is 0 Å². The first-order valence-electron chi connectivity index (χ1n) is 8.38. The van der Waals surface area contributed by atoms with Gasteiger partial charge in [-0.15, -0.1) is 15.3 Å². The number of nitro benzene ring substituents is 1. The van der Waals surface area contributed by atoms with Crippen molar-refractivity contribution in [2.75, 3.05) is 24.4 Å². The van der Waals surface area contributed by atoms with Gasteiger partial charge in [0.05, 0.1) is 11.1 Å². The van der Waals surface area contributed by atoms with Crippen LogP contribution in [0.2, 0.25) is 0 Å². The van der Waals surface area contributed by atoms with Crippen molar-refractivity contribution >= 4 is 39.8 Å². The van der Waals surface area contributed by atoms with E-state index < -0.39 is 4.92 Å². The molecule has 0 fully saturated rings. The molecule has 0 bridgehead atoms. The molecule has 0 radical (unpaired) electrons. The van der Waals surface area contributed by atoms with Gasteiger partial charge in [-0.1, -0.05) is 30.3 Å². The zero-order valence-electron chi connectivity index (χ0n) is 15.1. The predicted octanol–water partition coefficient (Wildman–Crippen LogP) is 2.70. The summed E-state index contributed by atoms with van der Waals surface area (Å²) in [6.45, 7) is 0. The maximum Gasteiger partial charge on any atom is 0.293 e. The number of fused-ring (bicyclic) bond motifs is 3. The molecule has 2 aromatic heterocycles. The summed E-state index contributed by atoms with van der Waals surface area (Å²) >= 11 is 0. The number of hydrogen-bond acceptors (Lipinski definition) is 8. The number of nitrogens with one attached hydrogen (secondary N) is 1. The second-order valence-corrected chi connectivity index (χ2v) is 6.26. The van der Waals surface area contributed by atoms with E-state index in [0.717, 1.165) is 10.8 Å². The van der Waals surface area contributed by atoms with Crippen LogP contribution in [0.5, 0.6) is 0 Å². The van der Waals surface area contributed by atoms with E-state index in [4.69, 9.17) is 0 Å². The molecule has 4 rings (SSSR count). The van der Waals surface area contributed by atoms with Crippen LogP contribution >= 0.6 is 0 Å². The zero-order chi connectivity index (χ0) is 19.7. The fourth-order valence-electron chi connectivity index (χ4n) is 2.92. The quantitative estimate of drug-likeness (QED) is 0.323. The van der Waals surface area contributed by atoms with Crippen LogP contribution in [0.15, 0.2) is 53.9 Å². The average Bonchev–Trinajstić information content (AvgIpc) is 3.16. The third-order valence-corrected chi connectivity index (χ3v) is 4.22. The average molecular weight is 376 g/mol. The number of hydrazone groups is 1. The molecule has 0 saturated carbocycles. The second kappa shape index (κ2) is 6.91. The molecule has 0 amide bonds. The molecule has 0 aliphatic rings. The molecule has 10 heteroatoms. The van der Waals surface area contributed by atoms with Gasteiger partial charge in [-0.2, -0.15) is 9.62 Å². The van der Waals surface area contributed by atoms with Gasteiger partial charge in [0.1, 0.15) is 12.0 Å².